The zero-order chi connectivity index (χ0) is 31.8. The molecule has 230 valence electrons. The lowest BCUT2D eigenvalue weighted by atomic mass is 9.95. The number of benzene rings is 3. The van der Waals surface area contributed by atoms with E-state index in [-0.39, 0.29) is 30.4 Å². The fourth-order valence-electron chi connectivity index (χ4n) is 5.14. The van der Waals surface area contributed by atoms with Crippen LogP contribution >= 0.6 is 0 Å². The first-order chi connectivity index (χ1) is 21.0. The van der Waals surface area contributed by atoms with Crippen LogP contribution in [-0.4, -0.2) is 69.6 Å². The normalized spacial score (nSPS) is 16.9. The van der Waals surface area contributed by atoms with Gasteiger partial charge in [0, 0.05) is 42.9 Å². The number of amides is 3. The molecule has 4 rings (SSSR count). The van der Waals surface area contributed by atoms with Crippen molar-refractivity contribution in [2.75, 3.05) is 24.2 Å². The van der Waals surface area contributed by atoms with Crippen LogP contribution < -0.4 is 16.0 Å². The molecule has 0 aliphatic carbocycles. The fraction of sp³-hybridized carbons (Fsp3) is 0.290. The number of hydrogen-bond acceptors (Lipinski definition) is 7. The van der Waals surface area contributed by atoms with E-state index in [0.717, 1.165) is 11.1 Å². The van der Waals surface area contributed by atoms with Gasteiger partial charge in [0.15, 0.2) is 0 Å². The Labute approximate surface area is 253 Å². The molecule has 1 aliphatic heterocycles. The van der Waals surface area contributed by atoms with Crippen LogP contribution in [0.15, 0.2) is 72.8 Å². The molecule has 5 N–H and O–H groups in total. The van der Waals surface area contributed by atoms with Crippen molar-refractivity contribution >= 4 is 40.9 Å². The van der Waals surface area contributed by atoms with Gasteiger partial charge in [-0.15, -0.1) is 0 Å². The van der Waals surface area contributed by atoms with Gasteiger partial charge in [-0.2, -0.15) is 0 Å². The van der Waals surface area contributed by atoms with Gasteiger partial charge in [0.25, 0.3) is 5.69 Å². The molecule has 3 amide bonds. The molecular formula is C31H33N5O8. The molecule has 3 aromatic rings. The minimum absolute atomic E-state index is 0.00731. The van der Waals surface area contributed by atoms with Gasteiger partial charge in [0.2, 0.25) is 5.91 Å². The van der Waals surface area contributed by atoms with E-state index in [4.69, 9.17) is 5.11 Å². The number of carbonyl (C=O) groups is 4. The summed E-state index contributed by atoms with van der Waals surface area (Å²) in [7, 11) is 1.81. The SMILES string of the molecule is CN1CC(c2ccc(NC(=O)Nc3ccc([N+](=O)[O-])cc3)cc2)CC1C(=O)NC(Cc1ccc(CCC(=O)O)cc1)C(=O)O. The lowest BCUT2D eigenvalue weighted by molar-refractivity contribution is -0.384. The van der Waals surface area contributed by atoms with Gasteiger partial charge in [-0.3, -0.25) is 24.6 Å². The van der Waals surface area contributed by atoms with Gasteiger partial charge >= 0.3 is 18.0 Å². The van der Waals surface area contributed by atoms with E-state index < -0.39 is 35.0 Å². The van der Waals surface area contributed by atoms with Crippen LogP contribution in [0, 0.1) is 10.1 Å². The number of carboxylic acid groups (broad SMARTS) is 2. The summed E-state index contributed by atoms with van der Waals surface area (Å²) >= 11 is 0. The number of anilines is 2. The zero-order valence-corrected chi connectivity index (χ0v) is 23.9. The van der Waals surface area contributed by atoms with Crippen molar-refractivity contribution < 1.29 is 34.3 Å². The zero-order valence-electron chi connectivity index (χ0n) is 23.9. The van der Waals surface area contributed by atoms with Gasteiger partial charge in [-0.05, 0) is 66.8 Å². The Morgan fingerprint density at radius 3 is 2.02 bits per heavy atom. The van der Waals surface area contributed by atoms with E-state index in [2.05, 4.69) is 16.0 Å². The Kier molecular flexibility index (Phi) is 10.2. The summed E-state index contributed by atoms with van der Waals surface area (Å²) in [6.07, 6.45) is 0.961. The molecule has 0 radical (unpaired) electrons. The number of hydrogen-bond donors (Lipinski definition) is 5. The maximum atomic E-state index is 13.2. The summed E-state index contributed by atoms with van der Waals surface area (Å²) in [5.41, 5.74) is 3.37. The summed E-state index contributed by atoms with van der Waals surface area (Å²) in [4.78, 5) is 60.4. The number of nitrogens with one attached hydrogen (secondary N) is 3. The van der Waals surface area contributed by atoms with E-state index in [1.807, 2.05) is 24.1 Å². The number of carbonyl (C=O) groups excluding carboxylic acids is 2. The summed E-state index contributed by atoms with van der Waals surface area (Å²) < 4.78 is 0. The highest BCUT2D eigenvalue weighted by molar-refractivity contribution is 5.99. The maximum absolute atomic E-state index is 13.2. The van der Waals surface area contributed by atoms with Crippen LogP contribution in [0.4, 0.5) is 21.9 Å². The monoisotopic (exact) mass is 603 g/mol. The molecule has 1 saturated heterocycles. The minimum Gasteiger partial charge on any atom is -0.481 e. The number of likely N-dealkylation sites (tertiary alicyclic amines) is 1. The number of aliphatic carboxylic acids is 2. The topological polar surface area (TPSA) is 191 Å². The van der Waals surface area contributed by atoms with Gasteiger partial charge in [0.1, 0.15) is 6.04 Å². The summed E-state index contributed by atoms with van der Waals surface area (Å²) in [5, 5.41) is 37.4. The Morgan fingerprint density at radius 1 is 0.909 bits per heavy atom. The van der Waals surface area contributed by atoms with E-state index in [0.29, 0.717) is 36.3 Å². The van der Waals surface area contributed by atoms with Crippen LogP contribution in [0.2, 0.25) is 0 Å². The first-order valence-electron chi connectivity index (χ1n) is 13.9. The number of carboxylic acids is 2. The van der Waals surface area contributed by atoms with Crippen molar-refractivity contribution in [2.45, 2.75) is 43.7 Å². The first-order valence-corrected chi connectivity index (χ1v) is 13.9. The molecule has 1 heterocycles. The van der Waals surface area contributed by atoms with Crippen molar-refractivity contribution in [3.8, 4) is 0 Å². The molecule has 3 atom stereocenters. The van der Waals surface area contributed by atoms with Crippen molar-refractivity contribution in [2.24, 2.45) is 0 Å². The second kappa shape index (κ2) is 14.2. The molecule has 0 spiro atoms. The van der Waals surface area contributed by atoms with Crippen molar-refractivity contribution in [3.63, 3.8) is 0 Å². The quantitative estimate of drug-likeness (QED) is 0.151. The molecule has 0 bridgehead atoms. The number of likely N-dealkylation sites (N-methyl/N-ethyl adjacent to an activating group) is 1. The number of nitrogens with zero attached hydrogens (tertiary/aromatic N) is 2. The molecule has 13 heteroatoms. The second-order valence-electron chi connectivity index (χ2n) is 10.7. The molecule has 3 unspecified atom stereocenters. The third-order valence-electron chi connectivity index (χ3n) is 7.53. The lowest BCUT2D eigenvalue weighted by Crippen LogP contribution is -2.49. The molecule has 13 nitrogen and oxygen atoms in total. The molecule has 3 aromatic carbocycles. The largest absolute Gasteiger partial charge is 0.481 e. The number of urea groups is 1. The van der Waals surface area contributed by atoms with Gasteiger partial charge in [-0.25, -0.2) is 9.59 Å². The van der Waals surface area contributed by atoms with E-state index in [9.17, 15) is 34.4 Å². The van der Waals surface area contributed by atoms with Crippen molar-refractivity contribution in [1.82, 2.24) is 10.2 Å². The highest BCUT2D eigenvalue weighted by Gasteiger charge is 2.36. The standard InChI is InChI=1S/C31H33N5O8/c1-35-18-22(21-7-9-23(10-8-21)32-31(42)33-24-11-13-25(14-12-24)36(43)44)17-27(35)29(39)34-26(30(40)41)16-20-4-2-19(3-5-20)6-15-28(37)38/h2-5,7-14,22,26-27H,6,15-18H2,1H3,(H,34,39)(H,37,38)(H,40,41)(H2,32,33,42). The lowest BCUT2D eigenvalue weighted by Gasteiger charge is -2.22. The van der Waals surface area contributed by atoms with Crippen molar-refractivity contribution in [3.05, 3.63) is 99.6 Å². The number of nitro groups is 1. The number of nitro benzene ring substituents is 1. The van der Waals surface area contributed by atoms with Crippen LogP contribution in [-0.2, 0) is 27.2 Å². The third kappa shape index (κ3) is 8.61. The summed E-state index contributed by atoms with van der Waals surface area (Å²) in [6.45, 7) is 0.584. The maximum Gasteiger partial charge on any atom is 0.326 e. The molecule has 44 heavy (non-hydrogen) atoms. The van der Waals surface area contributed by atoms with Crippen LogP contribution in [0.3, 0.4) is 0 Å². The molecule has 1 fully saturated rings. The number of rotatable bonds is 12. The van der Waals surface area contributed by atoms with Gasteiger partial charge in [0.05, 0.1) is 11.0 Å². The smallest absolute Gasteiger partial charge is 0.326 e. The highest BCUT2D eigenvalue weighted by atomic mass is 16.6. The van der Waals surface area contributed by atoms with Crippen LogP contribution in [0.1, 0.15) is 35.4 Å². The first kappa shape index (κ1) is 31.6. The van der Waals surface area contributed by atoms with Crippen LogP contribution in [0.5, 0.6) is 0 Å². The third-order valence-corrected chi connectivity index (χ3v) is 7.53. The number of aryl methyl sites for hydroxylation is 1. The van der Waals surface area contributed by atoms with E-state index in [1.54, 1.807) is 36.4 Å². The van der Waals surface area contributed by atoms with E-state index in [1.165, 1.54) is 24.3 Å². The predicted molar refractivity (Wildman–Crippen MR) is 162 cm³/mol. The van der Waals surface area contributed by atoms with Gasteiger partial charge < -0.3 is 26.2 Å². The highest BCUT2D eigenvalue weighted by Crippen LogP contribution is 2.31. The fourth-order valence-corrected chi connectivity index (χ4v) is 5.14. The molecule has 0 aromatic heterocycles. The predicted octanol–water partition coefficient (Wildman–Crippen LogP) is 3.86. The summed E-state index contributed by atoms with van der Waals surface area (Å²) in [5.74, 6) is -2.40. The van der Waals surface area contributed by atoms with Crippen LogP contribution in [0.25, 0.3) is 0 Å². The molecule has 0 saturated carbocycles. The molecule has 1 aliphatic rings. The summed E-state index contributed by atoms with van der Waals surface area (Å²) in [6, 6.07) is 17.5. The second-order valence-corrected chi connectivity index (χ2v) is 10.7. The van der Waals surface area contributed by atoms with Gasteiger partial charge in [-0.1, -0.05) is 36.4 Å². The van der Waals surface area contributed by atoms with Crippen molar-refractivity contribution in [1.29, 1.82) is 0 Å². The average molecular weight is 604 g/mol. The Morgan fingerprint density at radius 2 is 1.48 bits per heavy atom. The Balaban J connectivity index is 1.30. The van der Waals surface area contributed by atoms with E-state index >= 15 is 0 Å². The molecular weight excluding hydrogens is 570 g/mol. The number of non-ortho nitro benzene ring substituents is 1. The average Bonchev–Trinajstić information content (AvgIpc) is 3.38. The Bertz CT molecular complexity index is 1510. The minimum atomic E-state index is -1.15. The Hall–Kier alpha value is -5.30.